The summed E-state index contributed by atoms with van der Waals surface area (Å²) in [5.41, 5.74) is 1.54. The molecule has 1 fully saturated rings. The van der Waals surface area contributed by atoms with Gasteiger partial charge in [0.15, 0.2) is 0 Å². The molecular weight excluding hydrogens is 164 g/mol. The first-order valence-corrected chi connectivity index (χ1v) is 4.77. The minimum Gasteiger partial charge on any atom is -0.458 e. The van der Waals surface area contributed by atoms with Gasteiger partial charge in [-0.1, -0.05) is 19.9 Å². The van der Waals surface area contributed by atoms with Gasteiger partial charge in [0, 0.05) is 6.92 Å². The van der Waals surface area contributed by atoms with Crippen molar-refractivity contribution in [3.05, 3.63) is 11.6 Å². The second-order valence-corrected chi connectivity index (χ2v) is 4.51. The van der Waals surface area contributed by atoms with Crippen LogP contribution in [0, 0.1) is 5.41 Å². The maximum absolute atomic E-state index is 10.8. The molecule has 0 amide bonds. The zero-order valence-corrected chi connectivity index (χ0v) is 8.89. The Balaban J connectivity index is 2.70. The number of allylic oxidation sites excluding steroid dienone is 1. The molecule has 0 N–H and O–H groups in total. The molecule has 0 heterocycles. The molecule has 2 nitrogen and oxygen atoms in total. The maximum Gasteiger partial charge on any atom is 0.303 e. The fourth-order valence-electron chi connectivity index (χ4n) is 1.98. The molecule has 1 unspecified atom stereocenters. The minimum absolute atomic E-state index is 0.0255. The standard InChI is InChI=1S/C11H18O2/c1-5-9-6-11(3,4)7-10(9)13-8(2)12/h5,10H,6-7H2,1-4H3/b9-5+. The van der Waals surface area contributed by atoms with E-state index in [0.29, 0.717) is 0 Å². The first-order valence-electron chi connectivity index (χ1n) is 4.77. The van der Waals surface area contributed by atoms with Crippen LogP contribution in [0.5, 0.6) is 0 Å². The number of hydrogen-bond acceptors (Lipinski definition) is 2. The summed E-state index contributed by atoms with van der Waals surface area (Å²) >= 11 is 0. The van der Waals surface area contributed by atoms with E-state index in [1.165, 1.54) is 12.5 Å². The number of carbonyl (C=O) groups excluding carboxylic acids is 1. The third kappa shape index (κ3) is 2.58. The Bertz CT molecular complexity index is 238. The van der Waals surface area contributed by atoms with Crippen molar-refractivity contribution in [3.8, 4) is 0 Å². The van der Waals surface area contributed by atoms with Gasteiger partial charge in [-0.25, -0.2) is 0 Å². The van der Waals surface area contributed by atoms with Crippen LogP contribution >= 0.6 is 0 Å². The van der Waals surface area contributed by atoms with Gasteiger partial charge in [0.05, 0.1) is 0 Å². The number of carbonyl (C=O) groups is 1. The molecule has 0 aliphatic heterocycles. The van der Waals surface area contributed by atoms with Gasteiger partial charge in [-0.15, -0.1) is 0 Å². The molecule has 2 heteroatoms. The summed E-state index contributed by atoms with van der Waals surface area (Å²) in [6, 6.07) is 0. The average Bonchev–Trinajstić information content (AvgIpc) is 2.24. The Labute approximate surface area is 80.0 Å². The molecule has 13 heavy (non-hydrogen) atoms. The summed E-state index contributed by atoms with van der Waals surface area (Å²) in [7, 11) is 0. The summed E-state index contributed by atoms with van der Waals surface area (Å²) in [6.07, 6.45) is 4.09. The molecule has 0 saturated heterocycles. The third-order valence-corrected chi connectivity index (χ3v) is 2.51. The Morgan fingerprint density at radius 1 is 1.62 bits per heavy atom. The molecule has 0 aromatic rings. The monoisotopic (exact) mass is 182 g/mol. The Kier molecular flexibility index (Phi) is 2.79. The quantitative estimate of drug-likeness (QED) is 0.460. The zero-order chi connectivity index (χ0) is 10.1. The van der Waals surface area contributed by atoms with Crippen LogP contribution in [0.1, 0.15) is 40.5 Å². The highest BCUT2D eigenvalue weighted by molar-refractivity contribution is 5.66. The topological polar surface area (TPSA) is 26.3 Å². The molecule has 1 aliphatic rings. The van der Waals surface area contributed by atoms with Crippen molar-refractivity contribution in [2.75, 3.05) is 0 Å². The van der Waals surface area contributed by atoms with Crippen molar-refractivity contribution in [2.24, 2.45) is 5.41 Å². The maximum atomic E-state index is 10.8. The highest BCUT2D eigenvalue weighted by Gasteiger charge is 2.36. The lowest BCUT2D eigenvalue weighted by Gasteiger charge is -2.15. The SMILES string of the molecule is C/C=C1\CC(C)(C)CC1OC(C)=O. The zero-order valence-electron chi connectivity index (χ0n) is 8.89. The fourth-order valence-corrected chi connectivity index (χ4v) is 1.98. The van der Waals surface area contributed by atoms with Gasteiger partial charge >= 0.3 is 5.97 Å². The number of esters is 1. The van der Waals surface area contributed by atoms with Crippen LogP contribution in [0.25, 0.3) is 0 Å². The van der Waals surface area contributed by atoms with Crippen LogP contribution in [0.3, 0.4) is 0 Å². The van der Waals surface area contributed by atoms with E-state index in [0.717, 1.165) is 12.8 Å². The largest absolute Gasteiger partial charge is 0.458 e. The summed E-state index contributed by atoms with van der Waals surface area (Å²) in [4.78, 5) is 10.8. The molecular formula is C11H18O2. The van der Waals surface area contributed by atoms with Crippen LogP contribution in [0.2, 0.25) is 0 Å². The van der Waals surface area contributed by atoms with E-state index in [4.69, 9.17) is 4.74 Å². The molecule has 1 aliphatic carbocycles. The molecule has 1 saturated carbocycles. The summed E-state index contributed by atoms with van der Waals surface area (Å²) < 4.78 is 5.24. The summed E-state index contributed by atoms with van der Waals surface area (Å²) in [5, 5.41) is 0. The molecule has 0 bridgehead atoms. The number of rotatable bonds is 1. The molecule has 1 atom stereocenters. The molecule has 0 aromatic heterocycles. The van der Waals surface area contributed by atoms with Crippen LogP contribution in [-0.4, -0.2) is 12.1 Å². The van der Waals surface area contributed by atoms with Crippen LogP contribution in [0.15, 0.2) is 11.6 Å². The van der Waals surface area contributed by atoms with Crippen molar-refractivity contribution in [3.63, 3.8) is 0 Å². The second-order valence-electron chi connectivity index (χ2n) is 4.51. The van der Waals surface area contributed by atoms with E-state index in [1.807, 2.05) is 6.92 Å². The lowest BCUT2D eigenvalue weighted by molar-refractivity contribution is -0.144. The Morgan fingerprint density at radius 2 is 2.23 bits per heavy atom. The summed E-state index contributed by atoms with van der Waals surface area (Å²) in [5.74, 6) is -0.179. The van der Waals surface area contributed by atoms with E-state index in [9.17, 15) is 4.79 Å². The van der Waals surface area contributed by atoms with Gasteiger partial charge in [0.1, 0.15) is 6.10 Å². The Morgan fingerprint density at radius 3 is 2.69 bits per heavy atom. The first-order chi connectivity index (χ1) is 5.94. The van der Waals surface area contributed by atoms with Crippen LogP contribution in [-0.2, 0) is 9.53 Å². The third-order valence-electron chi connectivity index (χ3n) is 2.51. The van der Waals surface area contributed by atoms with E-state index >= 15 is 0 Å². The van der Waals surface area contributed by atoms with Crippen molar-refractivity contribution in [2.45, 2.75) is 46.6 Å². The normalized spacial score (nSPS) is 29.2. The fraction of sp³-hybridized carbons (Fsp3) is 0.727. The second kappa shape index (κ2) is 3.52. The first kappa shape index (κ1) is 10.3. The predicted molar refractivity (Wildman–Crippen MR) is 52.3 cm³/mol. The van der Waals surface area contributed by atoms with E-state index in [1.54, 1.807) is 0 Å². The lowest BCUT2D eigenvalue weighted by atomic mass is 9.91. The highest BCUT2D eigenvalue weighted by Crippen LogP contribution is 2.42. The van der Waals surface area contributed by atoms with Gasteiger partial charge in [0.2, 0.25) is 0 Å². The average molecular weight is 182 g/mol. The molecule has 0 aromatic carbocycles. The summed E-state index contributed by atoms with van der Waals surface area (Å²) in [6.45, 7) is 7.89. The van der Waals surface area contributed by atoms with Gasteiger partial charge < -0.3 is 4.74 Å². The van der Waals surface area contributed by atoms with Gasteiger partial charge in [-0.2, -0.15) is 0 Å². The van der Waals surface area contributed by atoms with Crippen LogP contribution in [0.4, 0.5) is 0 Å². The van der Waals surface area contributed by atoms with Crippen molar-refractivity contribution in [1.29, 1.82) is 0 Å². The van der Waals surface area contributed by atoms with Crippen LogP contribution < -0.4 is 0 Å². The lowest BCUT2D eigenvalue weighted by Crippen LogP contribution is -2.15. The van der Waals surface area contributed by atoms with Crippen molar-refractivity contribution >= 4 is 5.97 Å². The molecule has 1 rings (SSSR count). The van der Waals surface area contributed by atoms with Gasteiger partial charge in [-0.05, 0) is 30.8 Å². The Hall–Kier alpha value is -0.790. The van der Waals surface area contributed by atoms with Crippen molar-refractivity contribution in [1.82, 2.24) is 0 Å². The predicted octanol–water partition coefficient (Wildman–Crippen LogP) is 2.68. The van der Waals surface area contributed by atoms with Crippen molar-refractivity contribution < 1.29 is 9.53 Å². The van der Waals surface area contributed by atoms with E-state index in [-0.39, 0.29) is 17.5 Å². The van der Waals surface area contributed by atoms with Gasteiger partial charge in [-0.3, -0.25) is 4.79 Å². The van der Waals surface area contributed by atoms with E-state index in [2.05, 4.69) is 19.9 Å². The number of ether oxygens (including phenoxy) is 1. The molecule has 74 valence electrons. The molecule has 0 spiro atoms. The number of hydrogen-bond donors (Lipinski definition) is 0. The molecule has 0 radical (unpaired) electrons. The smallest absolute Gasteiger partial charge is 0.303 e. The van der Waals surface area contributed by atoms with E-state index < -0.39 is 0 Å². The minimum atomic E-state index is -0.179. The van der Waals surface area contributed by atoms with Gasteiger partial charge in [0.25, 0.3) is 0 Å². The highest BCUT2D eigenvalue weighted by atomic mass is 16.5.